The van der Waals surface area contributed by atoms with Gasteiger partial charge >= 0.3 is 0 Å². The number of aromatic nitrogens is 1. The van der Waals surface area contributed by atoms with Crippen molar-refractivity contribution in [2.75, 3.05) is 11.5 Å². The summed E-state index contributed by atoms with van der Waals surface area (Å²) in [5.74, 6) is 3.16. The van der Waals surface area contributed by atoms with E-state index in [1.165, 1.54) is 24.3 Å². The summed E-state index contributed by atoms with van der Waals surface area (Å²) in [6.45, 7) is 0. The molecule has 1 N–H and O–H groups in total. The third kappa shape index (κ3) is 2.93. The predicted octanol–water partition coefficient (Wildman–Crippen LogP) is 3.80. The molecule has 1 aromatic heterocycles. The molecule has 1 saturated heterocycles. The molecule has 1 fully saturated rings. The fourth-order valence-electron chi connectivity index (χ4n) is 2.84. The number of aliphatic hydroxyl groups is 1. The number of hydrogen-bond donors (Lipinski definition) is 1. The molecule has 100 valence electrons. The van der Waals surface area contributed by atoms with Crippen molar-refractivity contribution in [2.24, 2.45) is 5.92 Å². The Labute approximate surface area is 118 Å². The SMILES string of the molecule is OC(CC1CCSCC1)c1cccc2ncccc12. The first kappa shape index (κ1) is 12.9. The van der Waals surface area contributed by atoms with Crippen LogP contribution in [-0.2, 0) is 0 Å². The van der Waals surface area contributed by atoms with Gasteiger partial charge in [0, 0.05) is 11.6 Å². The molecule has 1 unspecified atom stereocenters. The van der Waals surface area contributed by atoms with E-state index in [9.17, 15) is 5.11 Å². The van der Waals surface area contributed by atoms with Crippen LogP contribution in [0, 0.1) is 5.92 Å². The Balaban J connectivity index is 1.82. The van der Waals surface area contributed by atoms with Crippen LogP contribution in [0.15, 0.2) is 36.5 Å². The Hall–Kier alpha value is -1.06. The van der Waals surface area contributed by atoms with Gasteiger partial charge in [-0.15, -0.1) is 0 Å². The molecule has 3 rings (SSSR count). The molecule has 0 aliphatic carbocycles. The van der Waals surface area contributed by atoms with Crippen LogP contribution in [0.2, 0.25) is 0 Å². The topological polar surface area (TPSA) is 33.1 Å². The summed E-state index contributed by atoms with van der Waals surface area (Å²) in [5, 5.41) is 11.6. The quantitative estimate of drug-likeness (QED) is 0.923. The molecule has 3 heteroatoms. The Morgan fingerprint density at radius 1 is 1.21 bits per heavy atom. The van der Waals surface area contributed by atoms with Crippen molar-refractivity contribution in [2.45, 2.75) is 25.4 Å². The first-order valence-electron chi connectivity index (χ1n) is 6.94. The number of thioether (sulfide) groups is 1. The summed E-state index contributed by atoms with van der Waals surface area (Å²) in [6.07, 6.45) is 4.81. The van der Waals surface area contributed by atoms with Crippen molar-refractivity contribution >= 4 is 22.7 Å². The van der Waals surface area contributed by atoms with Crippen LogP contribution in [0.4, 0.5) is 0 Å². The van der Waals surface area contributed by atoms with E-state index in [4.69, 9.17) is 0 Å². The van der Waals surface area contributed by atoms with Crippen molar-refractivity contribution in [3.63, 3.8) is 0 Å². The lowest BCUT2D eigenvalue weighted by molar-refractivity contribution is 0.142. The maximum Gasteiger partial charge on any atom is 0.0799 e. The number of rotatable bonds is 3. The molecule has 1 aromatic carbocycles. The largest absolute Gasteiger partial charge is 0.388 e. The fourth-order valence-corrected chi connectivity index (χ4v) is 4.05. The smallest absolute Gasteiger partial charge is 0.0799 e. The number of hydrogen-bond acceptors (Lipinski definition) is 3. The summed E-state index contributed by atoms with van der Waals surface area (Å²) >= 11 is 2.03. The highest BCUT2D eigenvalue weighted by molar-refractivity contribution is 7.99. The van der Waals surface area contributed by atoms with Crippen LogP contribution in [0.3, 0.4) is 0 Å². The summed E-state index contributed by atoms with van der Waals surface area (Å²) in [4.78, 5) is 4.36. The molecule has 1 aliphatic rings. The predicted molar refractivity (Wildman–Crippen MR) is 81.4 cm³/mol. The van der Waals surface area contributed by atoms with Crippen LogP contribution in [0.1, 0.15) is 30.9 Å². The Bertz CT molecular complexity index is 546. The molecule has 1 atom stereocenters. The third-order valence-electron chi connectivity index (χ3n) is 3.94. The van der Waals surface area contributed by atoms with Gasteiger partial charge in [0.05, 0.1) is 11.6 Å². The van der Waals surface area contributed by atoms with Crippen LogP contribution in [-0.4, -0.2) is 21.6 Å². The van der Waals surface area contributed by atoms with Gasteiger partial charge in [-0.1, -0.05) is 18.2 Å². The molecular weight excluding hydrogens is 254 g/mol. The van der Waals surface area contributed by atoms with Crippen molar-refractivity contribution < 1.29 is 5.11 Å². The van der Waals surface area contributed by atoms with Gasteiger partial charge in [-0.3, -0.25) is 4.98 Å². The Morgan fingerprint density at radius 3 is 2.89 bits per heavy atom. The van der Waals surface area contributed by atoms with E-state index in [0.29, 0.717) is 5.92 Å². The van der Waals surface area contributed by atoms with Crippen molar-refractivity contribution in [3.8, 4) is 0 Å². The van der Waals surface area contributed by atoms with Crippen molar-refractivity contribution in [1.29, 1.82) is 0 Å². The maximum atomic E-state index is 10.5. The lowest BCUT2D eigenvalue weighted by Crippen LogP contribution is -2.13. The zero-order valence-corrected chi connectivity index (χ0v) is 11.8. The van der Waals surface area contributed by atoms with Crippen molar-refractivity contribution in [3.05, 3.63) is 42.1 Å². The van der Waals surface area contributed by atoms with Gasteiger partial charge in [0.1, 0.15) is 0 Å². The zero-order chi connectivity index (χ0) is 13.1. The van der Waals surface area contributed by atoms with E-state index in [-0.39, 0.29) is 6.10 Å². The van der Waals surface area contributed by atoms with E-state index < -0.39 is 0 Å². The molecule has 19 heavy (non-hydrogen) atoms. The fraction of sp³-hybridized carbons (Fsp3) is 0.438. The van der Waals surface area contributed by atoms with Crippen LogP contribution in [0.25, 0.3) is 10.9 Å². The standard InChI is InChI=1S/C16H19NOS/c18-16(11-12-6-9-19-10-7-12)14-3-1-5-15-13(14)4-2-8-17-15/h1-5,8,12,16,18H,6-7,9-11H2. The van der Waals surface area contributed by atoms with E-state index in [0.717, 1.165) is 22.9 Å². The minimum absolute atomic E-state index is 0.360. The van der Waals surface area contributed by atoms with Crippen molar-refractivity contribution in [1.82, 2.24) is 4.98 Å². The second kappa shape index (κ2) is 5.93. The second-order valence-electron chi connectivity index (χ2n) is 5.22. The van der Waals surface area contributed by atoms with Gasteiger partial charge in [0.25, 0.3) is 0 Å². The molecule has 0 saturated carbocycles. The van der Waals surface area contributed by atoms with Crippen LogP contribution >= 0.6 is 11.8 Å². The maximum absolute atomic E-state index is 10.5. The molecule has 0 spiro atoms. The average molecular weight is 273 g/mol. The van der Waals surface area contributed by atoms with Gasteiger partial charge in [0.15, 0.2) is 0 Å². The third-order valence-corrected chi connectivity index (χ3v) is 4.98. The van der Waals surface area contributed by atoms with E-state index in [1.807, 2.05) is 36.0 Å². The highest BCUT2D eigenvalue weighted by Crippen LogP contribution is 2.33. The minimum Gasteiger partial charge on any atom is -0.388 e. The summed E-state index contributed by atoms with van der Waals surface area (Å²) in [6, 6.07) is 10.0. The van der Waals surface area contributed by atoms with Crippen LogP contribution < -0.4 is 0 Å². The molecule has 2 aromatic rings. The minimum atomic E-state index is -0.360. The molecule has 2 heterocycles. The summed E-state index contributed by atoms with van der Waals surface area (Å²) < 4.78 is 0. The lowest BCUT2D eigenvalue weighted by atomic mass is 9.91. The second-order valence-corrected chi connectivity index (χ2v) is 6.45. The molecule has 0 bridgehead atoms. The van der Waals surface area contributed by atoms with E-state index >= 15 is 0 Å². The van der Waals surface area contributed by atoms with E-state index in [1.54, 1.807) is 6.20 Å². The number of aliphatic hydroxyl groups excluding tert-OH is 1. The van der Waals surface area contributed by atoms with Gasteiger partial charge in [0.2, 0.25) is 0 Å². The van der Waals surface area contributed by atoms with Gasteiger partial charge in [-0.25, -0.2) is 0 Å². The van der Waals surface area contributed by atoms with Gasteiger partial charge < -0.3 is 5.11 Å². The molecule has 1 aliphatic heterocycles. The first-order chi connectivity index (χ1) is 9.34. The first-order valence-corrected chi connectivity index (χ1v) is 8.09. The lowest BCUT2D eigenvalue weighted by Gasteiger charge is -2.24. The van der Waals surface area contributed by atoms with Gasteiger partial charge in [-0.2, -0.15) is 11.8 Å². The molecular formula is C16H19NOS. The monoisotopic (exact) mass is 273 g/mol. The average Bonchev–Trinajstić information content (AvgIpc) is 2.47. The molecule has 0 amide bonds. The number of fused-ring (bicyclic) bond motifs is 1. The highest BCUT2D eigenvalue weighted by Gasteiger charge is 2.20. The number of pyridine rings is 1. The molecule has 0 radical (unpaired) electrons. The summed E-state index contributed by atoms with van der Waals surface area (Å²) in [5.41, 5.74) is 2.00. The normalized spacial score (nSPS) is 18.6. The zero-order valence-electron chi connectivity index (χ0n) is 11.0. The number of benzene rings is 1. The van der Waals surface area contributed by atoms with Crippen LogP contribution in [0.5, 0.6) is 0 Å². The van der Waals surface area contributed by atoms with Gasteiger partial charge in [-0.05, 0) is 54.4 Å². The van der Waals surface area contributed by atoms with E-state index in [2.05, 4.69) is 11.1 Å². The number of nitrogens with zero attached hydrogens (tertiary/aromatic N) is 1. The molecule has 2 nitrogen and oxygen atoms in total. The summed E-state index contributed by atoms with van der Waals surface area (Å²) in [7, 11) is 0. The Morgan fingerprint density at radius 2 is 2.05 bits per heavy atom. The Kier molecular flexibility index (Phi) is 4.04. The highest BCUT2D eigenvalue weighted by atomic mass is 32.2.